The Hall–Kier alpha value is -0.690. The molecule has 25 heavy (non-hydrogen) atoms. The number of hydrogen-bond acceptors (Lipinski definition) is 6. The van der Waals surface area contributed by atoms with Crippen molar-refractivity contribution in [2.24, 2.45) is 5.41 Å². The molecule has 0 N–H and O–H groups in total. The van der Waals surface area contributed by atoms with Gasteiger partial charge in [-0.15, -0.1) is 0 Å². The molecule has 0 rings (SSSR count). The quantitative estimate of drug-likeness (QED) is 0.293. The van der Waals surface area contributed by atoms with Crippen LogP contribution in [0.15, 0.2) is 0 Å². The highest BCUT2D eigenvalue weighted by Crippen LogP contribution is 2.26. The predicted molar refractivity (Wildman–Crippen MR) is 99.9 cm³/mol. The van der Waals surface area contributed by atoms with Gasteiger partial charge in [-0.1, -0.05) is 20.8 Å². The van der Waals surface area contributed by atoms with Crippen molar-refractivity contribution in [2.75, 3.05) is 66.4 Å². The summed E-state index contributed by atoms with van der Waals surface area (Å²) >= 11 is 0. The predicted octanol–water partition coefficient (Wildman–Crippen LogP) is 2.75. The Bertz CT molecular complexity index is 321. The van der Waals surface area contributed by atoms with Crippen molar-refractivity contribution in [2.45, 2.75) is 47.0 Å². The van der Waals surface area contributed by atoms with Crippen molar-refractivity contribution in [3.05, 3.63) is 0 Å². The monoisotopic (exact) mass is 361 g/mol. The lowest BCUT2D eigenvalue weighted by molar-refractivity contribution is -0.155. The zero-order chi connectivity index (χ0) is 19.0. The second-order valence-electron chi connectivity index (χ2n) is 6.46. The van der Waals surface area contributed by atoms with Crippen molar-refractivity contribution in [1.82, 2.24) is 4.90 Å². The molecule has 0 amide bonds. The second-order valence-corrected chi connectivity index (χ2v) is 6.46. The standard InChI is InChI=1S/C19H39NO5/c1-6-12-23-13-9-20(10-14-24-17-16-22-5)11-15-25-18(21)19(4,7-2)8-3/h6-17H2,1-5H3. The fourth-order valence-corrected chi connectivity index (χ4v) is 2.19. The normalized spacial score (nSPS) is 11.9. The molecule has 0 aliphatic rings. The zero-order valence-electron chi connectivity index (χ0n) is 17.0. The van der Waals surface area contributed by atoms with Crippen LogP contribution in [0.5, 0.6) is 0 Å². The maximum absolute atomic E-state index is 12.2. The number of carbonyl (C=O) groups excluding carboxylic acids is 1. The van der Waals surface area contributed by atoms with Crippen LogP contribution < -0.4 is 0 Å². The molecular formula is C19H39NO5. The Kier molecular flexibility index (Phi) is 15.1. The van der Waals surface area contributed by atoms with E-state index in [1.165, 1.54) is 0 Å². The molecule has 0 atom stereocenters. The lowest BCUT2D eigenvalue weighted by Crippen LogP contribution is -2.36. The first-order valence-corrected chi connectivity index (χ1v) is 9.58. The third kappa shape index (κ3) is 11.5. The van der Waals surface area contributed by atoms with E-state index in [4.69, 9.17) is 18.9 Å². The topological polar surface area (TPSA) is 57.2 Å². The smallest absolute Gasteiger partial charge is 0.311 e. The van der Waals surface area contributed by atoms with Gasteiger partial charge in [0.25, 0.3) is 0 Å². The molecular weight excluding hydrogens is 322 g/mol. The number of ether oxygens (including phenoxy) is 4. The van der Waals surface area contributed by atoms with Crippen LogP contribution in [0.3, 0.4) is 0 Å². The molecule has 0 spiro atoms. The zero-order valence-corrected chi connectivity index (χ0v) is 17.0. The van der Waals surface area contributed by atoms with Crippen LogP contribution in [-0.4, -0.2) is 77.3 Å². The van der Waals surface area contributed by atoms with E-state index in [9.17, 15) is 4.79 Å². The summed E-state index contributed by atoms with van der Waals surface area (Å²) in [7, 11) is 1.66. The Labute approximate surface area is 154 Å². The van der Waals surface area contributed by atoms with E-state index in [1.54, 1.807) is 7.11 Å². The summed E-state index contributed by atoms with van der Waals surface area (Å²) in [5.41, 5.74) is -0.377. The van der Waals surface area contributed by atoms with Gasteiger partial charge < -0.3 is 18.9 Å². The second kappa shape index (κ2) is 15.6. The van der Waals surface area contributed by atoms with Gasteiger partial charge in [0.2, 0.25) is 0 Å². The molecule has 0 aromatic heterocycles. The number of carbonyl (C=O) groups is 1. The number of nitrogens with zero attached hydrogens (tertiary/aromatic N) is 1. The molecule has 0 fully saturated rings. The average Bonchev–Trinajstić information content (AvgIpc) is 2.63. The third-order valence-corrected chi connectivity index (χ3v) is 4.58. The van der Waals surface area contributed by atoms with E-state index in [0.717, 1.165) is 39.0 Å². The first-order valence-electron chi connectivity index (χ1n) is 9.58. The van der Waals surface area contributed by atoms with Gasteiger partial charge >= 0.3 is 5.97 Å². The van der Waals surface area contributed by atoms with Crippen molar-refractivity contribution in [3.8, 4) is 0 Å². The van der Waals surface area contributed by atoms with E-state index in [-0.39, 0.29) is 11.4 Å². The highest BCUT2D eigenvalue weighted by atomic mass is 16.5. The van der Waals surface area contributed by atoms with Crippen molar-refractivity contribution >= 4 is 5.97 Å². The highest BCUT2D eigenvalue weighted by molar-refractivity contribution is 5.76. The lowest BCUT2D eigenvalue weighted by atomic mass is 9.85. The molecule has 6 heteroatoms. The van der Waals surface area contributed by atoms with Crippen molar-refractivity contribution < 1.29 is 23.7 Å². The van der Waals surface area contributed by atoms with Crippen LogP contribution in [0.1, 0.15) is 47.0 Å². The molecule has 0 saturated heterocycles. The SMILES string of the molecule is CCCOCCN(CCOCCOC)CCOC(=O)C(C)(CC)CC. The van der Waals surface area contributed by atoms with Crippen LogP contribution in [-0.2, 0) is 23.7 Å². The molecule has 0 radical (unpaired) electrons. The first kappa shape index (κ1) is 24.3. The molecule has 6 nitrogen and oxygen atoms in total. The maximum Gasteiger partial charge on any atom is 0.311 e. The molecule has 0 heterocycles. The third-order valence-electron chi connectivity index (χ3n) is 4.58. The molecule has 0 saturated carbocycles. The number of rotatable bonds is 17. The summed E-state index contributed by atoms with van der Waals surface area (Å²) in [6, 6.07) is 0. The minimum Gasteiger partial charge on any atom is -0.464 e. The van der Waals surface area contributed by atoms with E-state index >= 15 is 0 Å². The Morgan fingerprint density at radius 1 is 0.840 bits per heavy atom. The van der Waals surface area contributed by atoms with E-state index in [0.29, 0.717) is 39.6 Å². The largest absolute Gasteiger partial charge is 0.464 e. The maximum atomic E-state index is 12.2. The number of hydrogen-bond donors (Lipinski definition) is 0. The number of esters is 1. The Morgan fingerprint density at radius 3 is 1.92 bits per heavy atom. The van der Waals surface area contributed by atoms with Gasteiger partial charge in [-0.05, 0) is 26.2 Å². The summed E-state index contributed by atoms with van der Waals surface area (Å²) in [6.45, 7) is 14.1. The Morgan fingerprint density at radius 2 is 1.40 bits per heavy atom. The van der Waals surface area contributed by atoms with Gasteiger partial charge in [0.05, 0.1) is 31.8 Å². The molecule has 0 unspecified atom stereocenters. The average molecular weight is 362 g/mol. The minimum atomic E-state index is -0.377. The minimum absolute atomic E-state index is 0.101. The van der Waals surface area contributed by atoms with E-state index < -0.39 is 0 Å². The fourth-order valence-electron chi connectivity index (χ4n) is 2.19. The molecule has 0 aromatic rings. The van der Waals surface area contributed by atoms with Gasteiger partial charge in [0.15, 0.2) is 0 Å². The van der Waals surface area contributed by atoms with E-state index in [1.807, 2.05) is 20.8 Å². The number of methoxy groups -OCH3 is 1. The lowest BCUT2D eigenvalue weighted by Gasteiger charge is -2.26. The molecule has 0 aliphatic carbocycles. The van der Waals surface area contributed by atoms with Gasteiger partial charge in [0, 0.05) is 33.4 Å². The Balaban J connectivity index is 4.19. The summed E-state index contributed by atoms with van der Waals surface area (Å²) in [5.74, 6) is -0.101. The fraction of sp³-hybridized carbons (Fsp3) is 0.947. The van der Waals surface area contributed by atoms with Gasteiger partial charge in [-0.3, -0.25) is 9.69 Å². The van der Waals surface area contributed by atoms with Crippen LogP contribution in [0.4, 0.5) is 0 Å². The molecule has 150 valence electrons. The molecule has 0 aliphatic heterocycles. The van der Waals surface area contributed by atoms with Gasteiger partial charge in [-0.2, -0.15) is 0 Å². The highest BCUT2D eigenvalue weighted by Gasteiger charge is 2.30. The summed E-state index contributed by atoms with van der Waals surface area (Å²) in [4.78, 5) is 14.4. The summed E-state index contributed by atoms with van der Waals surface area (Å²) < 4.78 is 21.6. The van der Waals surface area contributed by atoms with E-state index in [2.05, 4.69) is 11.8 Å². The summed E-state index contributed by atoms with van der Waals surface area (Å²) in [6.07, 6.45) is 2.61. The van der Waals surface area contributed by atoms with Crippen LogP contribution in [0.2, 0.25) is 0 Å². The summed E-state index contributed by atoms with van der Waals surface area (Å²) in [5, 5.41) is 0. The van der Waals surface area contributed by atoms with Crippen molar-refractivity contribution in [1.29, 1.82) is 0 Å². The van der Waals surface area contributed by atoms with Crippen LogP contribution in [0, 0.1) is 5.41 Å². The van der Waals surface area contributed by atoms with Crippen LogP contribution >= 0.6 is 0 Å². The van der Waals surface area contributed by atoms with Gasteiger partial charge in [0.1, 0.15) is 6.61 Å². The van der Waals surface area contributed by atoms with Crippen LogP contribution in [0.25, 0.3) is 0 Å². The molecule has 0 aromatic carbocycles. The first-order chi connectivity index (χ1) is 12.0. The van der Waals surface area contributed by atoms with Crippen molar-refractivity contribution in [3.63, 3.8) is 0 Å². The molecule has 0 bridgehead atoms. The van der Waals surface area contributed by atoms with Gasteiger partial charge in [-0.25, -0.2) is 0 Å².